The molecule has 1 aliphatic heterocycles. The van der Waals surface area contributed by atoms with Crippen LogP contribution >= 0.6 is 0 Å². The van der Waals surface area contributed by atoms with Gasteiger partial charge in [-0.1, -0.05) is 0 Å². The molecule has 1 aliphatic rings. The number of nitrogens with zero attached hydrogens (tertiary/aromatic N) is 1. The molecule has 0 saturated carbocycles. The summed E-state index contributed by atoms with van der Waals surface area (Å²) >= 11 is 0. The molecular weight excluding hydrogens is 236 g/mol. The molecule has 6 heteroatoms. The highest BCUT2D eigenvalue weighted by Gasteiger charge is 2.29. The van der Waals surface area contributed by atoms with Crippen molar-refractivity contribution in [3.05, 3.63) is 29.3 Å². The Morgan fingerprint density at radius 3 is 2.24 bits per heavy atom. The first-order valence-corrected chi connectivity index (χ1v) is 5.29. The molecule has 0 amide bonds. The Balaban J connectivity index is 2.38. The molecule has 1 aromatic rings. The van der Waals surface area contributed by atoms with Gasteiger partial charge in [0.1, 0.15) is 5.69 Å². The summed E-state index contributed by atoms with van der Waals surface area (Å²) in [6.45, 7) is 0.690. The minimum absolute atomic E-state index is 0.0696. The second kappa shape index (κ2) is 4.52. The van der Waals surface area contributed by atoms with Crippen LogP contribution in [0.5, 0.6) is 0 Å². The van der Waals surface area contributed by atoms with Gasteiger partial charge >= 0.3 is 0 Å². The lowest BCUT2D eigenvalue weighted by Crippen LogP contribution is -2.30. The Labute approximate surface area is 96.2 Å². The molecule has 17 heavy (non-hydrogen) atoms. The van der Waals surface area contributed by atoms with Crippen LogP contribution in [0.4, 0.5) is 23.2 Å². The summed E-state index contributed by atoms with van der Waals surface area (Å²) in [5, 5.41) is 2.96. The van der Waals surface area contributed by atoms with E-state index in [0.717, 1.165) is 0 Å². The molecule has 0 bridgehead atoms. The summed E-state index contributed by atoms with van der Waals surface area (Å²) < 4.78 is 53.0. The number of anilines is 1. The first-order chi connectivity index (χ1) is 8.04. The van der Waals surface area contributed by atoms with E-state index in [1.54, 1.807) is 7.05 Å². The van der Waals surface area contributed by atoms with E-state index in [1.165, 1.54) is 4.90 Å². The average Bonchev–Trinajstić information content (AvgIpc) is 2.75. The highest BCUT2D eigenvalue weighted by molar-refractivity contribution is 5.51. The molecule has 0 spiro atoms. The monoisotopic (exact) mass is 248 g/mol. The summed E-state index contributed by atoms with van der Waals surface area (Å²) in [5.74, 6) is -5.40. The molecule has 0 radical (unpaired) electrons. The van der Waals surface area contributed by atoms with E-state index >= 15 is 0 Å². The van der Waals surface area contributed by atoms with Crippen molar-refractivity contribution in [1.29, 1.82) is 0 Å². The number of likely N-dealkylation sites (N-methyl/N-ethyl adjacent to an activating group) is 1. The van der Waals surface area contributed by atoms with Crippen LogP contribution in [0.15, 0.2) is 6.07 Å². The van der Waals surface area contributed by atoms with Gasteiger partial charge in [-0.3, -0.25) is 0 Å². The molecule has 2 nitrogen and oxygen atoms in total. The van der Waals surface area contributed by atoms with Gasteiger partial charge in [-0.2, -0.15) is 0 Å². The summed E-state index contributed by atoms with van der Waals surface area (Å²) in [5.41, 5.74) is -0.611. The average molecular weight is 248 g/mol. The van der Waals surface area contributed by atoms with E-state index in [2.05, 4.69) is 5.32 Å². The lowest BCUT2D eigenvalue weighted by molar-refractivity contribution is 0.453. The zero-order valence-corrected chi connectivity index (χ0v) is 9.24. The smallest absolute Gasteiger partial charge is 0.185 e. The van der Waals surface area contributed by atoms with E-state index in [9.17, 15) is 17.6 Å². The number of nitrogens with one attached hydrogen (secondary N) is 1. The number of rotatable bonds is 2. The van der Waals surface area contributed by atoms with Crippen LogP contribution in [0, 0.1) is 23.3 Å². The fraction of sp³-hybridized carbons (Fsp3) is 0.455. The van der Waals surface area contributed by atoms with Crippen molar-refractivity contribution >= 4 is 5.69 Å². The Morgan fingerprint density at radius 1 is 1.18 bits per heavy atom. The SMILES string of the molecule is CNC1CCN(c2c(F)c(F)cc(F)c2F)C1. The molecule has 1 N–H and O–H groups in total. The van der Waals surface area contributed by atoms with Gasteiger partial charge in [0.05, 0.1) is 0 Å². The molecule has 0 aromatic heterocycles. The van der Waals surface area contributed by atoms with Gasteiger partial charge in [0.2, 0.25) is 0 Å². The number of benzene rings is 1. The van der Waals surface area contributed by atoms with Crippen LogP contribution in [-0.4, -0.2) is 26.2 Å². The molecule has 1 fully saturated rings. The predicted molar refractivity (Wildman–Crippen MR) is 56.0 cm³/mol. The fourth-order valence-electron chi connectivity index (χ4n) is 2.04. The van der Waals surface area contributed by atoms with Crippen LogP contribution < -0.4 is 10.2 Å². The molecule has 0 aliphatic carbocycles. The summed E-state index contributed by atoms with van der Waals surface area (Å²) in [7, 11) is 1.73. The zero-order valence-electron chi connectivity index (χ0n) is 9.24. The maximum atomic E-state index is 13.5. The standard InChI is InChI=1S/C11H12F4N2/c1-16-6-2-3-17(5-6)11-9(14)7(12)4-8(13)10(11)15/h4,6,16H,2-3,5H2,1H3. The van der Waals surface area contributed by atoms with E-state index < -0.39 is 29.0 Å². The van der Waals surface area contributed by atoms with Crippen molar-refractivity contribution in [3.8, 4) is 0 Å². The highest BCUT2D eigenvalue weighted by atomic mass is 19.2. The normalized spacial score (nSPS) is 20.1. The quantitative estimate of drug-likeness (QED) is 0.636. The minimum atomic E-state index is -1.37. The number of hydrogen-bond acceptors (Lipinski definition) is 2. The van der Waals surface area contributed by atoms with Gasteiger partial charge in [0.15, 0.2) is 23.3 Å². The van der Waals surface area contributed by atoms with Crippen LogP contribution in [0.25, 0.3) is 0 Å². The van der Waals surface area contributed by atoms with E-state index in [-0.39, 0.29) is 12.1 Å². The third-order valence-electron chi connectivity index (χ3n) is 3.00. The van der Waals surface area contributed by atoms with Crippen molar-refractivity contribution in [1.82, 2.24) is 5.32 Å². The number of hydrogen-bond donors (Lipinski definition) is 1. The molecule has 1 unspecified atom stereocenters. The Hall–Kier alpha value is -1.30. The Kier molecular flexibility index (Phi) is 3.24. The molecule has 1 saturated heterocycles. The molecule has 2 rings (SSSR count). The van der Waals surface area contributed by atoms with Crippen LogP contribution in [0.2, 0.25) is 0 Å². The molecule has 1 atom stereocenters. The third kappa shape index (κ3) is 2.09. The minimum Gasteiger partial charge on any atom is -0.365 e. The van der Waals surface area contributed by atoms with Crippen molar-refractivity contribution in [2.75, 3.05) is 25.0 Å². The van der Waals surface area contributed by atoms with Crippen molar-refractivity contribution < 1.29 is 17.6 Å². The Bertz CT molecular complexity index is 410. The van der Waals surface area contributed by atoms with Gasteiger partial charge in [-0.05, 0) is 13.5 Å². The van der Waals surface area contributed by atoms with Gasteiger partial charge in [0.25, 0.3) is 0 Å². The van der Waals surface area contributed by atoms with E-state index in [0.29, 0.717) is 19.5 Å². The Morgan fingerprint density at radius 2 is 1.76 bits per heavy atom. The largest absolute Gasteiger partial charge is 0.365 e. The summed E-state index contributed by atoms with van der Waals surface area (Å²) in [4.78, 5) is 1.32. The second-order valence-electron chi connectivity index (χ2n) is 4.04. The fourth-order valence-corrected chi connectivity index (χ4v) is 2.04. The van der Waals surface area contributed by atoms with Crippen molar-refractivity contribution in [2.45, 2.75) is 12.5 Å². The maximum Gasteiger partial charge on any atom is 0.185 e. The number of halogens is 4. The predicted octanol–water partition coefficient (Wildman–Crippen LogP) is 2.04. The van der Waals surface area contributed by atoms with E-state index in [4.69, 9.17) is 0 Å². The zero-order chi connectivity index (χ0) is 12.6. The highest BCUT2D eigenvalue weighted by Crippen LogP contribution is 2.30. The first-order valence-electron chi connectivity index (χ1n) is 5.29. The van der Waals surface area contributed by atoms with Crippen molar-refractivity contribution in [2.24, 2.45) is 0 Å². The third-order valence-corrected chi connectivity index (χ3v) is 3.00. The van der Waals surface area contributed by atoms with Crippen LogP contribution in [0.1, 0.15) is 6.42 Å². The van der Waals surface area contributed by atoms with Crippen molar-refractivity contribution in [3.63, 3.8) is 0 Å². The van der Waals surface area contributed by atoms with Gasteiger partial charge in [0, 0.05) is 25.2 Å². The lowest BCUT2D eigenvalue weighted by atomic mass is 10.2. The molecule has 1 aromatic carbocycles. The van der Waals surface area contributed by atoms with Gasteiger partial charge < -0.3 is 10.2 Å². The summed E-state index contributed by atoms with van der Waals surface area (Å²) in [6, 6.07) is 0.292. The second-order valence-corrected chi connectivity index (χ2v) is 4.04. The summed E-state index contributed by atoms with van der Waals surface area (Å²) in [6.07, 6.45) is 0.674. The first kappa shape index (κ1) is 12.2. The molecular formula is C11H12F4N2. The van der Waals surface area contributed by atoms with E-state index in [1.807, 2.05) is 0 Å². The lowest BCUT2D eigenvalue weighted by Gasteiger charge is -2.20. The molecule has 94 valence electrons. The van der Waals surface area contributed by atoms with Gasteiger partial charge in [-0.15, -0.1) is 0 Å². The van der Waals surface area contributed by atoms with Crippen LogP contribution in [-0.2, 0) is 0 Å². The van der Waals surface area contributed by atoms with Gasteiger partial charge in [-0.25, -0.2) is 17.6 Å². The molecule has 1 heterocycles. The topological polar surface area (TPSA) is 15.3 Å². The van der Waals surface area contributed by atoms with Crippen LogP contribution in [0.3, 0.4) is 0 Å². The maximum absolute atomic E-state index is 13.5.